The zero-order valence-corrected chi connectivity index (χ0v) is 19.3. The lowest BCUT2D eigenvalue weighted by Crippen LogP contribution is -2.09. The third-order valence-corrected chi connectivity index (χ3v) is 5.43. The van der Waals surface area contributed by atoms with Crippen LogP contribution in [0.4, 0.5) is 11.6 Å². The standard InChI is InChI=1S/C28H30N4/c1-19(2)24-12-7-13-25(18-24)29-28-31-26(16-22-10-5-8-20(3)14-22)30-27(32-28)17-23-11-6-9-21(4)15-23/h5-15,18-19H,16-17H2,1-4H3,(H,29,30,31,32). The van der Waals surface area contributed by atoms with Crippen LogP contribution in [0.5, 0.6) is 0 Å². The van der Waals surface area contributed by atoms with E-state index in [9.17, 15) is 0 Å². The lowest BCUT2D eigenvalue weighted by Gasteiger charge is -2.12. The number of nitrogens with one attached hydrogen (secondary N) is 1. The highest BCUT2D eigenvalue weighted by Gasteiger charge is 2.10. The van der Waals surface area contributed by atoms with Gasteiger partial charge in [0, 0.05) is 18.5 Å². The van der Waals surface area contributed by atoms with Crippen LogP contribution in [0, 0.1) is 13.8 Å². The van der Waals surface area contributed by atoms with Gasteiger partial charge < -0.3 is 5.32 Å². The maximum absolute atomic E-state index is 4.81. The molecule has 4 nitrogen and oxygen atoms in total. The summed E-state index contributed by atoms with van der Waals surface area (Å²) in [6, 6.07) is 25.4. The van der Waals surface area contributed by atoms with Crippen molar-refractivity contribution in [3.63, 3.8) is 0 Å². The molecule has 162 valence electrons. The molecular formula is C28H30N4. The number of nitrogens with zero attached hydrogens (tertiary/aromatic N) is 3. The van der Waals surface area contributed by atoms with Gasteiger partial charge in [-0.3, -0.25) is 0 Å². The molecule has 0 fully saturated rings. The van der Waals surface area contributed by atoms with E-state index < -0.39 is 0 Å². The maximum atomic E-state index is 4.81. The fourth-order valence-electron chi connectivity index (χ4n) is 3.80. The van der Waals surface area contributed by atoms with E-state index in [0.717, 1.165) is 17.3 Å². The fraction of sp³-hybridized carbons (Fsp3) is 0.250. The van der Waals surface area contributed by atoms with Crippen LogP contribution in [-0.4, -0.2) is 15.0 Å². The first-order valence-corrected chi connectivity index (χ1v) is 11.2. The number of hydrogen-bond donors (Lipinski definition) is 1. The molecule has 0 aliphatic heterocycles. The highest BCUT2D eigenvalue weighted by molar-refractivity contribution is 5.54. The van der Waals surface area contributed by atoms with Crippen LogP contribution in [0.2, 0.25) is 0 Å². The minimum absolute atomic E-state index is 0.462. The Morgan fingerprint density at radius 3 is 1.78 bits per heavy atom. The van der Waals surface area contributed by atoms with Crippen LogP contribution in [0.1, 0.15) is 59.2 Å². The predicted octanol–water partition coefficient (Wildman–Crippen LogP) is 6.54. The molecule has 4 rings (SSSR count). The normalized spacial score (nSPS) is 11.0. The van der Waals surface area contributed by atoms with Crippen molar-refractivity contribution in [1.29, 1.82) is 0 Å². The van der Waals surface area contributed by atoms with E-state index in [1.807, 2.05) is 0 Å². The van der Waals surface area contributed by atoms with Gasteiger partial charge in [-0.2, -0.15) is 9.97 Å². The zero-order chi connectivity index (χ0) is 22.5. The summed E-state index contributed by atoms with van der Waals surface area (Å²) in [5.74, 6) is 2.60. The Morgan fingerprint density at radius 2 is 1.25 bits per heavy atom. The Labute approximate surface area is 190 Å². The molecule has 32 heavy (non-hydrogen) atoms. The molecule has 0 radical (unpaired) electrons. The summed E-state index contributed by atoms with van der Waals surface area (Å²) in [5.41, 5.74) is 7.14. The van der Waals surface area contributed by atoms with Gasteiger partial charge >= 0.3 is 0 Å². The average Bonchev–Trinajstić information content (AvgIpc) is 2.74. The summed E-state index contributed by atoms with van der Waals surface area (Å²) in [6.45, 7) is 8.60. The van der Waals surface area contributed by atoms with Gasteiger partial charge in [0.2, 0.25) is 5.95 Å². The first kappa shape index (κ1) is 21.7. The summed E-state index contributed by atoms with van der Waals surface area (Å²) < 4.78 is 0. The molecule has 0 aliphatic carbocycles. The second-order valence-corrected chi connectivity index (χ2v) is 8.73. The van der Waals surface area contributed by atoms with Gasteiger partial charge in [0.1, 0.15) is 11.6 Å². The van der Waals surface area contributed by atoms with Crippen LogP contribution < -0.4 is 5.32 Å². The number of benzene rings is 3. The van der Waals surface area contributed by atoms with E-state index in [1.54, 1.807) is 0 Å². The van der Waals surface area contributed by atoms with Gasteiger partial charge in [-0.05, 0) is 48.6 Å². The molecule has 1 aromatic heterocycles. The van der Waals surface area contributed by atoms with Gasteiger partial charge in [0.15, 0.2) is 0 Å². The Balaban J connectivity index is 1.67. The lowest BCUT2D eigenvalue weighted by atomic mass is 10.0. The van der Waals surface area contributed by atoms with Gasteiger partial charge in [-0.25, -0.2) is 4.98 Å². The highest BCUT2D eigenvalue weighted by Crippen LogP contribution is 2.21. The topological polar surface area (TPSA) is 50.7 Å². The minimum atomic E-state index is 0.462. The van der Waals surface area contributed by atoms with E-state index in [1.165, 1.54) is 27.8 Å². The van der Waals surface area contributed by atoms with Crippen molar-refractivity contribution in [2.24, 2.45) is 0 Å². The summed E-state index contributed by atoms with van der Waals surface area (Å²) in [6.07, 6.45) is 1.34. The van der Waals surface area contributed by atoms with Crippen molar-refractivity contribution in [1.82, 2.24) is 15.0 Å². The van der Waals surface area contributed by atoms with E-state index in [4.69, 9.17) is 15.0 Å². The fourth-order valence-corrected chi connectivity index (χ4v) is 3.80. The third-order valence-electron chi connectivity index (χ3n) is 5.43. The van der Waals surface area contributed by atoms with Crippen molar-refractivity contribution in [3.8, 4) is 0 Å². The molecule has 1 heterocycles. The summed E-state index contributed by atoms with van der Waals surface area (Å²) in [5, 5.41) is 3.41. The van der Waals surface area contributed by atoms with Gasteiger partial charge in [-0.15, -0.1) is 0 Å². The molecule has 0 unspecified atom stereocenters. The summed E-state index contributed by atoms with van der Waals surface area (Å²) >= 11 is 0. The van der Waals surface area contributed by atoms with E-state index >= 15 is 0 Å². The first-order chi connectivity index (χ1) is 15.4. The zero-order valence-electron chi connectivity index (χ0n) is 19.3. The maximum Gasteiger partial charge on any atom is 0.230 e. The smallest absolute Gasteiger partial charge is 0.230 e. The van der Waals surface area contributed by atoms with Crippen molar-refractivity contribution in [2.45, 2.75) is 46.5 Å². The SMILES string of the molecule is Cc1cccc(Cc2nc(Cc3cccc(C)c3)nc(Nc3cccc(C(C)C)c3)n2)c1. The van der Waals surface area contributed by atoms with E-state index in [2.05, 4.69) is 106 Å². The molecule has 0 saturated carbocycles. The second-order valence-electron chi connectivity index (χ2n) is 8.73. The van der Waals surface area contributed by atoms with E-state index in [-0.39, 0.29) is 0 Å². The highest BCUT2D eigenvalue weighted by atomic mass is 15.2. The Hall–Kier alpha value is -3.53. The summed E-state index contributed by atoms with van der Waals surface area (Å²) in [4.78, 5) is 14.3. The molecule has 0 spiro atoms. The number of hydrogen-bond acceptors (Lipinski definition) is 4. The Bertz CT molecular complexity index is 1150. The molecule has 0 atom stereocenters. The molecule has 4 aromatic rings. The minimum Gasteiger partial charge on any atom is -0.324 e. The van der Waals surface area contributed by atoms with Gasteiger partial charge in [0.05, 0.1) is 0 Å². The molecule has 3 aromatic carbocycles. The van der Waals surface area contributed by atoms with E-state index in [0.29, 0.717) is 24.7 Å². The molecular weight excluding hydrogens is 392 g/mol. The van der Waals surface area contributed by atoms with Crippen molar-refractivity contribution in [3.05, 3.63) is 112 Å². The van der Waals surface area contributed by atoms with Crippen molar-refractivity contribution >= 4 is 11.6 Å². The number of rotatable bonds is 7. The second kappa shape index (κ2) is 9.73. The van der Waals surface area contributed by atoms with Crippen LogP contribution in [0.3, 0.4) is 0 Å². The first-order valence-electron chi connectivity index (χ1n) is 11.2. The van der Waals surface area contributed by atoms with Crippen molar-refractivity contribution in [2.75, 3.05) is 5.32 Å². The van der Waals surface area contributed by atoms with Crippen LogP contribution >= 0.6 is 0 Å². The molecule has 4 heteroatoms. The Kier molecular flexibility index (Phi) is 6.60. The number of anilines is 2. The molecule has 0 bridgehead atoms. The molecule has 0 aliphatic rings. The largest absolute Gasteiger partial charge is 0.324 e. The quantitative estimate of drug-likeness (QED) is 0.367. The molecule has 0 saturated heterocycles. The van der Waals surface area contributed by atoms with Crippen LogP contribution in [-0.2, 0) is 12.8 Å². The van der Waals surface area contributed by atoms with Gasteiger partial charge in [-0.1, -0.05) is 85.6 Å². The third kappa shape index (κ3) is 5.79. The Morgan fingerprint density at radius 1 is 0.688 bits per heavy atom. The van der Waals surface area contributed by atoms with Crippen molar-refractivity contribution < 1.29 is 0 Å². The van der Waals surface area contributed by atoms with Crippen LogP contribution in [0.25, 0.3) is 0 Å². The average molecular weight is 423 g/mol. The monoisotopic (exact) mass is 422 g/mol. The van der Waals surface area contributed by atoms with Crippen LogP contribution in [0.15, 0.2) is 72.8 Å². The number of aryl methyl sites for hydroxylation is 2. The lowest BCUT2D eigenvalue weighted by molar-refractivity contribution is 0.854. The predicted molar refractivity (Wildman–Crippen MR) is 132 cm³/mol. The summed E-state index contributed by atoms with van der Waals surface area (Å²) in [7, 11) is 0. The number of aromatic nitrogens is 3. The van der Waals surface area contributed by atoms with Gasteiger partial charge in [0.25, 0.3) is 0 Å². The molecule has 0 amide bonds. The molecule has 1 N–H and O–H groups in total.